The van der Waals surface area contributed by atoms with E-state index in [1.165, 1.54) is 12.1 Å². The number of carboxylic acids is 1. The molecular formula is C13H18N2O4. The summed E-state index contributed by atoms with van der Waals surface area (Å²) in [6.07, 6.45) is 4.21. The molecule has 6 nitrogen and oxygen atoms in total. The lowest BCUT2D eigenvalue weighted by molar-refractivity contribution is -0.122. The first-order valence-electron chi connectivity index (χ1n) is 6.36. The van der Waals surface area contributed by atoms with Crippen LogP contribution in [0.5, 0.6) is 0 Å². The van der Waals surface area contributed by atoms with Crippen molar-refractivity contribution in [2.45, 2.75) is 44.2 Å². The van der Waals surface area contributed by atoms with Gasteiger partial charge in [0.25, 0.3) is 0 Å². The molecule has 0 bridgehead atoms. The molecule has 0 aliphatic heterocycles. The van der Waals surface area contributed by atoms with Crippen molar-refractivity contribution >= 4 is 11.9 Å². The number of hydrogen-bond donors (Lipinski definition) is 3. The second-order valence-electron chi connectivity index (χ2n) is 5.09. The van der Waals surface area contributed by atoms with Crippen LogP contribution in [0.3, 0.4) is 0 Å². The van der Waals surface area contributed by atoms with Crippen LogP contribution >= 0.6 is 0 Å². The zero-order chi connectivity index (χ0) is 13.9. The number of carboxylic acid groups (broad SMARTS) is 1. The first-order valence-corrected chi connectivity index (χ1v) is 6.36. The van der Waals surface area contributed by atoms with Crippen LogP contribution in [0, 0.1) is 0 Å². The molecule has 1 heterocycles. The maximum Gasteiger partial charge on any atom is 0.371 e. The van der Waals surface area contributed by atoms with Crippen LogP contribution in [0.1, 0.15) is 48.4 Å². The molecule has 1 aromatic rings. The lowest BCUT2D eigenvalue weighted by Crippen LogP contribution is -2.41. The molecule has 4 N–H and O–H groups in total. The van der Waals surface area contributed by atoms with Gasteiger partial charge in [-0.25, -0.2) is 4.79 Å². The Labute approximate surface area is 111 Å². The lowest BCUT2D eigenvalue weighted by atomic mass is 9.94. The average molecular weight is 266 g/mol. The third-order valence-corrected chi connectivity index (χ3v) is 3.44. The molecule has 19 heavy (non-hydrogen) atoms. The number of furan rings is 1. The van der Waals surface area contributed by atoms with Gasteiger partial charge in [-0.1, -0.05) is 12.8 Å². The van der Waals surface area contributed by atoms with E-state index in [0.717, 1.165) is 25.7 Å². The molecule has 1 saturated carbocycles. The molecule has 0 saturated heterocycles. The van der Waals surface area contributed by atoms with Crippen LogP contribution < -0.4 is 11.1 Å². The third-order valence-electron chi connectivity index (χ3n) is 3.44. The van der Waals surface area contributed by atoms with Gasteiger partial charge in [0.05, 0.1) is 6.54 Å². The molecule has 6 heteroatoms. The number of aromatic carboxylic acids is 1. The maximum absolute atomic E-state index is 11.8. The number of rotatable bonds is 5. The molecule has 2 rings (SSSR count). The van der Waals surface area contributed by atoms with E-state index in [4.69, 9.17) is 15.3 Å². The zero-order valence-corrected chi connectivity index (χ0v) is 10.6. The van der Waals surface area contributed by atoms with E-state index in [-0.39, 0.29) is 23.8 Å². The zero-order valence-electron chi connectivity index (χ0n) is 10.6. The van der Waals surface area contributed by atoms with Gasteiger partial charge >= 0.3 is 5.97 Å². The molecule has 1 aromatic heterocycles. The summed E-state index contributed by atoms with van der Waals surface area (Å²) in [4.78, 5) is 22.4. The Morgan fingerprint density at radius 3 is 2.63 bits per heavy atom. The van der Waals surface area contributed by atoms with Crippen molar-refractivity contribution in [2.24, 2.45) is 5.73 Å². The summed E-state index contributed by atoms with van der Waals surface area (Å²) in [5.41, 5.74) is 5.74. The molecule has 1 aliphatic carbocycles. The highest BCUT2D eigenvalue weighted by Crippen LogP contribution is 2.29. The fourth-order valence-electron chi connectivity index (χ4n) is 2.41. The fraction of sp³-hybridized carbons (Fsp3) is 0.538. The number of hydrogen-bond acceptors (Lipinski definition) is 4. The van der Waals surface area contributed by atoms with Crippen molar-refractivity contribution in [3.05, 3.63) is 23.7 Å². The number of carbonyl (C=O) groups excluding carboxylic acids is 1. The predicted molar refractivity (Wildman–Crippen MR) is 67.5 cm³/mol. The second kappa shape index (κ2) is 5.44. The summed E-state index contributed by atoms with van der Waals surface area (Å²) < 4.78 is 5.05. The van der Waals surface area contributed by atoms with Gasteiger partial charge in [-0.15, -0.1) is 0 Å². The van der Waals surface area contributed by atoms with Crippen LogP contribution in [0.15, 0.2) is 16.5 Å². The topological polar surface area (TPSA) is 106 Å². The first kappa shape index (κ1) is 13.6. The number of amides is 1. The Balaban J connectivity index is 1.81. The Morgan fingerprint density at radius 2 is 2.05 bits per heavy atom. The Bertz CT molecular complexity index is 475. The van der Waals surface area contributed by atoms with E-state index < -0.39 is 5.97 Å². The van der Waals surface area contributed by atoms with Crippen molar-refractivity contribution in [1.82, 2.24) is 5.32 Å². The van der Waals surface area contributed by atoms with E-state index >= 15 is 0 Å². The summed E-state index contributed by atoms with van der Waals surface area (Å²) in [7, 11) is 0. The maximum atomic E-state index is 11.8. The quantitative estimate of drug-likeness (QED) is 0.744. The summed E-state index contributed by atoms with van der Waals surface area (Å²) >= 11 is 0. The van der Waals surface area contributed by atoms with Gasteiger partial charge in [-0.05, 0) is 25.0 Å². The SMILES string of the molecule is NC1(CC(=O)NCc2ccc(C(=O)O)o2)CCCC1. The van der Waals surface area contributed by atoms with Crippen molar-refractivity contribution in [3.63, 3.8) is 0 Å². The van der Waals surface area contributed by atoms with Crippen molar-refractivity contribution in [2.75, 3.05) is 0 Å². The Morgan fingerprint density at radius 1 is 1.37 bits per heavy atom. The van der Waals surface area contributed by atoms with Crippen LogP contribution in [0.4, 0.5) is 0 Å². The van der Waals surface area contributed by atoms with Gasteiger partial charge in [0.15, 0.2) is 0 Å². The molecule has 0 atom stereocenters. The minimum atomic E-state index is -1.12. The first-order chi connectivity index (χ1) is 8.98. The highest BCUT2D eigenvalue weighted by molar-refractivity contribution is 5.84. The highest BCUT2D eigenvalue weighted by Gasteiger charge is 2.31. The monoisotopic (exact) mass is 266 g/mol. The van der Waals surface area contributed by atoms with Crippen LogP contribution in [-0.4, -0.2) is 22.5 Å². The largest absolute Gasteiger partial charge is 0.475 e. The average Bonchev–Trinajstić information content (AvgIpc) is 2.95. The van der Waals surface area contributed by atoms with Gasteiger partial charge in [0.2, 0.25) is 11.7 Å². The Kier molecular flexibility index (Phi) is 3.90. The number of nitrogens with one attached hydrogen (secondary N) is 1. The summed E-state index contributed by atoms with van der Waals surface area (Å²) in [6, 6.07) is 2.91. The molecule has 0 spiro atoms. The van der Waals surface area contributed by atoms with Crippen LogP contribution in [-0.2, 0) is 11.3 Å². The number of carbonyl (C=O) groups is 2. The third kappa shape index (κ3) is 3.57. The summed E-state index contributed by atoms with van der Waals surface area (Å²) in [5.74, 6) is -0.958. The smallest absolute Gasteiger partial charge is 0.371 e. The van der Waals surface area contributed by atoms with Crippen LogP contribution in [0.25, 0.3) is 0 Å². The van der Waals surface area contributed by atoms with Gasteiger partial charge in [-0.3, -0.25) is 4.79 Å². The molecule has 1 aliphatic rings. The predicted octanol–water partition coefficient (Wildman–Crippen LogP) is 1.26. The molecule has 0 aromatic carbocycles. The molecule has 104 valence electrons. The van der Waals surface area contributed by atoms with E-state index in [2.05, 4.69) is 5.32 Å². The molecule has 1 amide bonds. The summed E-state index contributed by atoms with van der Waals surface area (Å²) in [5, 5.41) is 11.4. The second-order valence-corrected chi connectivity index (χ2v) is 5.09. The van der Waals surface area contributed by atoms with Gasteiger partial charge in [0, 0.05) is 12.0 Å². The van der Waals surface area contributed by atoms with E-state index in [1.807, 2.05) is 0 Å². The van der Waals surface area contributed by atoms with Gasteiger partial charge in [0.1, 0.15) is 5.76 Å². The minimum absolute atomic E-state index is 0.127. The fourth-order valence-corrected chi connectivity index (χ4v) is 2.41. The minimum Gasteiger partial charge on any atom is -0.475 e. The standard InChI is InChI=1S/C13H18N2O4/c14-13(5-1-2-6-13)7-11(16)15-8-9-3-4-10(19-9)12(17)18/h3-4H,1-2,5-8,14H2,(H,15,16)(H,17,18). The number of nitrogens with two attached hydrogens (primary N) is 1. The molecule has 0 unspecified atom stereocenters. The molecular weight excluding hydrogens is 248 g/mol. The van der Waals surface area contributed by atoms with E-state index in [0.29, 0.717) is 12.2 Å². The van der Waals surface area contributed by atoms with E-state index in [9.17, 15) is 9.59 Å². The Hall–Kier alpha value is -1.82. The van der Waals surface area contributed by atoms with Crippen molar-refractivity contribution in [3.8, 4) is 0 Å². The van der Waals surface area contributed by atoms with Crippen molar-refractivity contribution in [1.29, 1.82) is 0 Å². The van der Waals surface area contributed by atoms with Gasteiger partial charge in [-0.2, -0.15) is 0 Å². The van der Waals surface area contributed by atoms with Crippen molar-refractivity contribution < 1.29 is 19.1 Å². The summed E-state index contributed by atoms with van der Waals surface area (Å²) in [6.45, 7) is 0.183. The van der Waals surface area contributed by atoms with E-state index in [1.54, 1.807) is 0 Å². The van der Waals surface area contributed by atoms with Gasteiger partial charge < -0.3 is 20.6 Å². The van der Waals surface area contributed by atoms with Crippen LogP contribution in [0.2, 0.25) is 0 Å². The lowest BCUT2D eigenvalue weighted by Gasteiger charge is -2.22. The molecule has 1 fully saturated rings. The normalized spacial score (nSPS) is 17.3. The highest BCUT2D eigenvalue weighted by atomic mass is 16.4. The molecule has 0 radical (unpaired) electrons.